The number of likely N-dealkylation sites (N-methyl/N-ethyl adjacent to an activating group) is 1. The molecule has 0 aliphatic rings. The average Bonchev–Trinajstić information content (AvgIpc) is 3.38. The van der Waals surface area contributed by atoms with Gasteiger partial charge < -0.3 is 19.4 Å². The normalized spacial score (nSPS) is 13.6. The minimum atomic E-state index is -4.44. The van der Waals surface area contributed by atoms with Gasteiger partial charge in [0.15, 0.2) is 0 Å². The highest BCUT2D eigenvalue weighted by Gasteiger charge is 2.30. The molecule has 76 heavy (non-hydrogen) atoms. The van der Waals surface area contributed by atoms with Crippen molar-refractivity contribution in [3.05, 3.63) is 12.2 Å². The molecule has 0 spiro atoms. The average molecular weight is 1100 g/mol. The lowest BCUT2D eigenvalue weighted by Gasteiger charge is -2.27. The summed E-state index contributed by atoms with van der Waals surface area (Å²) in [4.78, 5) is 37.8. The van der Waals surface area contributed by atoms with Crippen LogP contribution in [-0.4, -0.2) is 74.3 Å². The number of amides is 1. The van der Waals surface area contributed by atoms with Crippen LogP contribution in [-0.2, 0) is 27.9 Å². The minimum Gasteiger partial charge on any atom is -0.456 e. The number of hydrogen-bond acceptors (Lipinski definition) is 6. The summed E-state index contributed by atoms with van der Waals surface area (Å²) in [5.74, 6) is -0.480. The lowest BCUT2D eigenvalue weighted by atomic mass is 10.0. The number of phosphoric acid groups is 1. The zero-order valence-corrected chi connectivity index (χ0v) is 52.7. The molecule has 0 saturated carbocycles. The maximum absolute atomic E-state index is 13.6. The molecule has 0 fully saturated rings. The Bertz CT molecular complexity index is 1310. The number of ether oxygens (including phenoxy) is 1. The van der Waals surface area contributed by atoms with Crippen molar-refractivity contribution in [2.24, 2.45) is 0 Å². The Hall–Kier alpha value is -1.25. The molecule has 0 aromatic heterocycles. The molecule has 452 valence electrons. The van der Waals surface area contributed by atoms with E-state index in [-0.39, 0.29) is 25.1 Å². The van der Waals surface area contributed by atoms with Crippen LogP contribution in [0.1, 0.15) is 348 Å². The summed E-state index contributed by atoms with van der Waals surface area (Å²) in [6.45, 7) is 7.08. The van der Waals surface area contributed by atoms with Gasteiger partial charge in [0.2, 0.25) is 5.91 Å². The summed E-state index contributed by atoms with van der Waals surface area (Å²) >= 11 is 0. The van der Waals surface area contributed by atoms with Gasteiger partial charge in [0, 0.05) is 12.8 Å². The zero-order valence-electron chi connectivity index (χ0n) is 51.8. The van der Waals surface area contributed by atoms with Gasteiger partial charge in [-0.25, -0.2) is 4.57 Å². The maximum Gasteiger partial charge on any atom is 0.472 e. The highest BCUT2D eigenvalue weighted by molar-refractivity contribution is 7.47. The summed E-state index contributed by atoms with van der Waals surface area (Å²) < 4.78 is 30.8. The molecular weight excluding hydrogens is 964 g/mol. The number of carbonyl (C=O) groups excluding carboxylic acids is 2. The highest BCUT2D eigenvalue weighted by atomic mass is 31.2. The van der Waals surface area contributed by atoms with Crippen LogP contribution in [0, 0.1) is 0 Å². The smallest absolute Gasteiger partial charge is 0.456 e. The van der Waals surface area contributed by atoms with Crippen molar-refractivity contribution < 1.29 is 37.3 Å². The Balaban J connectivity index is 5.11. The predicted octanol–water partition coefficient (Wildman–Crippen LogP) is 20.7. The zero-order chi connectivity index (χ0) is 55.7. The molecule has 0 bridgehead atoms. The number of rotatable bonds is 62. The third-order valence-corrected chi connectivity index (χ3v) is 16.5. The molecule has 2 N–H and O–H groups in total. The number of phosphoric ester groups is 1. The molecule has 3 unspecified atom stereocenters. The second kappa shape index (κ2) is 57.0. The van der Waals surface area contributed by atoms with Crippen molar-refractivity contribution in [2.75, 3.05) is 40.9 Å². The van der Waals surface area contributed by atoms with Gasteiger partial charge in [-0.1, -0.05) is 316 Å². The van der Waals surface area contributed by atoms with Gasteiger partial charge in [0.1, 0.15) is 19.3 Å². The van der Waals surface area contributed by atoms with Crippen molar-refractivity contribution in [1.82, 2.24) is 5.32 Å². The molecule has 10 heteroatoms. The van der Waals surface area contributed by atoms with Gasteiger partial charge in [-0.2, -0.15) is 0 Å². The lowest BCUT2D eigenvalue weighted by molar-refractivity contribution is -0.870. The summed E-state index contributed by atoms with van der Waals surface area (Å²) in [6.07, 6.45) is 66.4. The van der Waals surface area contributed by atoms with Gasteiger partial charge in [-0.05, 0) is 31.8 Å². The second-order valence-corrected chi connectivity index (χ2v) is 25.8. The molecular formula is C66H132N2O7P+. The summed E-state index contributed by atoms with van der Waals surface area (Å²) in [5, 5.41) is 3.07. The van der Waals surface area contributed by atoms with Crippen molar-refractivity contribution >= 4 is 19.7 Å². The van der Waals surface area contributed by atoms with Gasteiger partial charge in [0.05, 0.1) is 33.8 Å². The van der Waals surface area contributed by atoms with Crippen molar-refractivity contribution in [1.29, 1.82) is 0 Å². The molecule has 0 aliphatic heterocycles. The Labute approximate surface area is 473 Å². The number of hydrogen-bond donors (Lipinski definition) is 2. The Morgan fingerprint density at radius 3 is 1.08 bits per heavy atom. The number of unbranched alkanes of at least 4 members (excludes halogenated alkanes) is 46. The second-order valence-electron chi connectivity index (χ2n) is 24.4. The molecule has 0 heterocycles. The van der Waals surface area contributed by atoms with Crippen LogP contribution in [0.2, 0.25) is 0 Å². The number of esters is 1. The standard InChI is InChI=1S/C66H131N2O7P/c1-7-10-13-16-19-22-25-28-30-32-33-34-35-37-39-41-44-47-50-53-56-59-66(70)75-64(57-54-51-48-45-42-27-24-21-18-15-12-9-3)63(62-74-76(71,72)73-61-60-68(4,5)6)67-65(69)58-55-52-49-46-43-40-38-36-31-29-26-23-20-17-14-11-8-2/h54,57,63-64H,7-53,55-56,58-62H2,1-6H3,(H-,67,69,71,72)/p+1/b57-54+. The van der Waals surface area contributed by atoms with E-state index in [0.717, 1.165) is 57.8 Å². The Kier molecular flexibility index (Phi) is 56.1. The van der Waals surface area contributed by atoms with Crippen LogP contribution in [0.5, 0.6) is 0 Å². The first-order chi connectivity index (χ1) is 36.9. The van der Waals surface area contributed by atoms with Crippen LogP contribution in [0.3, 0.4) is 0 Å². The first-order valence-corrected chi connectivity index (χ1v) is 35.0. The fraction of sp³-hybridized carbons (Fsp3) is 0.939. The van der Waals surface area contributed by atoms with E-state index >= 15 is 0 Å². The van der Waals surface area contributed by atoms with E-state index in [2.05, 4.69) is 26.1 Å². The van der Waals surface area contributed by atoms with E-state index in [9.17, 15) is 19.0 Å². The largest absolute Gasteiger partial charge is 0.472 e. The summed E-state index contributed by atoms with van der Waals surface area (Å²) in [7, 11) is 1.52. The van der Waals surface area contributed by atoms with E-state index in [1.54, 1.807) is 0 Å². The molecule has 0 aromatic rings. The number of quaternary nitrogens is 1. The number of nitrogens with one attached hydrogen (secondary N) is 1. The number of allylic oxidation sites excluding steroid dienone is 1. The fourth-order valence-corrected chi connectivity index (χ4v) is 11.0. The topological polar surface area (TPSA) is 111 Å². The first kappa shape index (κ1) is 74.8. The molecule has 1 amide bonds. The van der Waals surface area contributed by atoms with Gasteiger partial charge in [-0.3, -0.25) is 18.6 Å². The molecule has 0 aromatic carbocycles. The Morgan fingerprint density at radius 1 is 0.447 bits per heavy atom. The van der Waals surface area contributed by atoms with Crippen molar-refractivity contribution in [3.63, 3.8) is 0 Å². The quantitative estimate of drug-likeness (QED) is 0.0205. The highest BCUT2D eigenvalue weighted by Crippen LogP contribution is 2.43. The third-order valence-electron chi connectivity index (χ3n) is 15.5. The Morgan fingerprint density at radius 2 is 0.750 bits per heavy atom. The maximum atomic E-state index is 13.6. The van der Waals surface area contributed by atoms with Gasteiger partial charge in [0.25, 0.3) is 0 Å². The monoisotopic (exact) mass is 1100 g/mol. The predicted molar refractivity (Wildman–Crippen MR) is 328 cm³/mol. The van der Waals surface area contributed by atoms with Crippen LogP contribution >= 0.6 is 7.82 Å². The van der Waals surface area contributed by atoms with E-state index in [1.165, 1.54) is 257 Å². The molecule has 3 atom stereocenters. The molecule has 0 radical (unpaired) electrons. The number of nitrogens with zero attached hydrogens (tertiary/aromatic N) is 1. The van der Waals surface area contributed by atoms with Gasteiger partial charge >= 0.3 is 13.8 Å². The lowest BCUT2D eigenvalue weighted by Crippen LogP contribution is -2.47. The molecule has 0 saturated heterocycles. The summed E-state index contributed by atoms with van der Waals surface area (Å²) in [5.41, 5.74) is 0. The van der Waals surface area contributed by atoms with E-state index in [0.29, 0.717) is 23.9 Å². The van der Waals surface area contributed by atoms with Crippen LogP contribution < -0.4 is 5.32 Å². The van der Waals surface area contributed by atoms with Crippen LogP contribution in [0.4, 0.5) is 0 Å². The van der Waals surface area contributed by atoms with Crippen molar-refractivity contribution in [2.45, 2.75) is 360 Å². The van der Waals surface area contributed by atoms with Crippen LogP contribution in [0.25, 0.3) is 0 Å². The fourth-order valence-electron chi connectivity index (χ4n) is 10.3. The molecule has 0 rings (SSSR count). The molecule has 0 aliphatic carbocycles. The SMILES string of the molecule is CCCCCCCCCCCC/C=C/C(OC(=O)CCCCCCCCCCCCCCCCCCCCCCC)C(COP(=O)(O)OCC[N+](C)(C)C)NC(=O)CCCCCCCCCCCCCCCCCCC. The summed E-state index contributed by atoms with van der Waals surface area (Å²) in [6, 6.07) is -0.839. The first-order valence-electron chi connectivity index (χ1n) is 33.5. The number of carbonyl (C=O) groups is 2. The third kappa shape index (κ3) is 57.4. The van der Waals surface area contributed by atoms with E-state index in [1.807, 2.05) is 33.3 Å². The van der Waals surface area contributed by atoms with Crippen LogP contribution in [0.15, 0.2) is 12.2 Å². The van der Waals surface area contributed by atoms with E-state index < -0.39 is 20.0 Å². The van der Waals surface area contributed by atoms with Crippen molar-refractivity contribution in [3.8, 4) is 0 Å². The minimum absolute atomic E-state index is 0.0459. The van der Waals surface area contributed by atoms with E-state index in [4.69, 9.17) is 13.8 Å². The van der Waals surface area contributed by atoms with Gasteiger partial charge in [-0.15, -0.1) is 0 Å². The molecule has 9 nitrogen and oxygen atoms in total.